The van der Waals surface area contributed by atoms with E-state index in [9.17, 15) is 4.79 Å². The molecule has 1 rings (SSSR count). The second kappa shape index (κ2) is 6.04. The molecule has 0 aliphatic rings. The molecule has 0 spiro atoms. The van der Waals surface area contributed by atoms with Gasteiger partial charge in [-0.15, -0.1) is 0 Å². The molecule has 0 saturated carbocycles. The van der Waals surface area contributed by atoms with Crippen LogP contribution in [0.25, 0.3) is 0 Å². The molecule has 0 aromatic heterocycles. The Bertz CT molecular complexity index is 361. The third kappa shape index (κ3) is 2.85. The summed E-state index contributed by atoms with van der Waals surface area (Å²) >= 11 is 3.41. The van der Waals surface area contributed by atoms with Gasteiger partial charge in [0.05, 0.1) is 0 Å². The lowest BCUT2D eigenvalue weighted by molar-refractivity contribution is 0.112. The number of nitrogens with zero attached hydrogens (tertiary/aromatic N) is 1. The Kier molecular flexibility index (Phi) is 5.00. The van der Waals surface area contributed by atoms with Crippen LogP contribution < -0.4 is 4.90 Å². The van der Waals surface area contributed by atoms with E-state index in [1.54, 1.807) is 0 Å². The summed E-state index contributed by atoms with van der Waals surface area (Å²) in [5.74, 6) is 0. The molecule has 2 nitrogen and oxygen atoms in total. The van der Waals surface area contributed by atoms with Gasteiger partial charge in [0.15, 0.2) is 6.29 Å². The summed E-state index contributed by atoms with van der Waals surface area (Å²) in [6.07, 6.45) is 3.12. The molecular formula is C13H18BrNO. The number of carbonyl (C=O) groups excluding carboxylic acids is 1. The van der Waals surface area contributed by atoms with Gasteiger partial charge in [0, 0.05) is 28.8 Å². The van der Waals surface area contributed by atoms with E-state index in [-0.39, 0.29) is 0 Å². The molecule has 0 radical (unpaired) electrons. The minimum absolute atomic E-state index is 0.550. The van der Waals surface area contributed by atoms with E-state index in [0.29, 0.717) is 11.6 Å². The third-order valence-electron chi connectivity index (χ3n) is 3.01. The summed E-state index contributed by atoms with van der Waals surface area (Å²) in [5.41, 5.74) is 1.84. The van der Waals surface area contributed by atoms with Gasteiger partial charge in [0.25, 0.3) is 0 Å². The van der Waals surface area contributed by atoms with Crippen LogP contribution in [0.15, 0.2) is 22.7 Å². The Morgan fingerprint density at radius 3 is 2.44 bits per heavy atom. The predicted molar refractivity (Wildman–Crippen MR) is 72.3 cm³/mol. The number of carbonyl (C=O) groups is 1. The highest BCUT2D eigenvalue weighted by Crippen LogP contribution is 2.25. The first-order chi connectivity index (χ1) is 7.63. The maximum Gasteiger partial charge on any atom is 0.151 e. The maximum atomic E-state index is 10.7. The highest BCUT2D eigenvalue weighted by atomic mass is 79.9. The van der Waals surface area contributed by atoms with Gasteiger partial charge in [-0.1, -0.05) is 13.8 Å². The van der Waals surface area contributed by atoms with Crippen molar-refractivity contribution in [3.8, 4) is 0 Å². The summed E-state index contributed by atoms with van der Waals surface area (Å²) < 4.78 is 0.859. The molecule has 16 heavy (non-hydrogen) atoms. The normalized spacial score (nSPS) is 10.6. The monoisotopic (exact) mass is 283 g/mol. The molecule has 0 heterocycles. The van der Waals surface area contributed by atoms with Crippen LogP contribution >= 0.6 is 15.9 Å². The first-order valence-corrected chi connectivity index (χ1v) is 6.40. The van der Waals surface area contributed by atoms with E-state index >= 15 is 0 Å². The Morgan fingerprint density at radius 2 is 2.00 bits per heavy atom. The molecule has 0 aliphatic heterocycles. The SMILES string of the molecule is CCC(CC)N(C)c1ccc(C=O)c(Br)c1. The second-order valence-electron chi connectivity index (χ2n) is 3.90. The fraction of sp³-hybridized carbons (Fsp3) is 0.462. The van der Waals surface area contributed by atoms with Crippen LogP contribution in [0, 0.1) is 0 Å². The van der Waals surface area contributed by atoms with Crippen LogP contribution in [0.4, 0.5) is 5.69 Å². The molecule has 3 heteroatoms. The Balaban J connectivity index is 2.96. The highest BCUT2D eigenvalue weighted by Gasteiger charge is 2.12. The van der Waals surface area contributed by atoms with Crippen molar-refractivity contribution >= 4 is 27.9 Å². The van der Waals surface area contributed by atoms with Gasteiger partial charge >= 0.3 is 0 Å². The molecule has 1 aromatic rings. The largest absolute Gasteiger partial charge is 0.372 e. The van der Waals surface area contributed by atoms with Gasteiger partial charge < -0.3 is 4.90 Å². The molecule has 0 fully saturated rings. The lowest BCUT2D eigenvalue weighted by Gasteiger charge is -2.28. The van der Waals surface area contributed by atoms with Gasteiger partial charge in [-0.2, -0.15) is 0 Å². The molecule has 0 saturated heterocycles. The van der Waals surface area contributed by atoms with Gasteiger partial charge in [0.1, 0.15) is 0 Å². The maximum absolute atomic E-state index is 10.7. The molecule has 0 aliphatic carbocycles. The Labute approximate surface area is 106 Å². The van der Waals surface area contributed by atoms with Crippen molar-refractivity contribution in [2.45, 2.75) is 32.7 Å². The van der Waals surface area contributed by atoms with Crippen LogP contribution in [-0.2, 0) is 0 Å². The van der Waals surface area contributed by atoms with Crippen molar-refractivity contribution in [1.82, 2.24) is 0 Å². The predicted octanol–water partition coefficient (Wildman–Crippen LogP) is 3.89. The van der Waals surface area contributed by atoms with E-state index in [1.807, 2.05) is 18.2 Å². The third-order valence-corrected chi connectivity index (χ3v) is 3.70. The zero-order valence-electron chi connectivity index (χ0n) is 10.0. The standard InChI is InChI=1S/C13H18BrNO/c1-4-11(5-2)15(3)12-7-6-10(9-16)13(14)8-12/h6-9,11H,4-5H2,1-3H3. The number of benzene rings is 1. The first kappa shape index (κ1) is 13.2. The summed E-state index contributed by atoms with van der Waals surface area (Å²) in [6.45, 7) is 4.39. The zero-order chi connectivity index (χ0) is 12.1. The van der Waals surface area contributed by atoms with Crippen molar-refractivity contribution in [2.75, 3.05) is 11.9 Å². The molecule has 0 bridgehead atoms. The van der Waals surface area contributed by atoms with Crippen LogP contribution in [0.1, 0.15) is 37.0 Å². The minimum Gasteiger partial charge on any atom is -0.372 e. The second-order valence-corrected chi connectivity index (χ2v) is 4.76. The number of aldehydes is 1. The van der Waals surface area contributed by atoms with Gasteiger partial charge in [-0.25, -0.2) is 0 Å². The molecule has 0 amide bonds. The molecular weight excluding hydrogens is 266 g/mol. The zero-order valence-corrected chi connectivity index (χ0v) is 11.6. The average molecular weight is 284 g/mol. The van der Waals surface area contributed by atoms with Gasteiger partial charge in [0.2, 0.25) is 0 Å². The van der Waals surface area contributed by atoms with Crippen LogP contribution in [0.2, 0.25) is 0 Å². The van der Waals surface area contributed by atoms with Crippen LogP contribution in [0.5, 0.6) is 0 Å². The highest BCUT2D eigenvalue weighted by molar-refractivity contribution is 9.10. The van der Waals surface area contributed by atoms with E-state index in [0.717, 1.165) is 29.3 Å². The van der Waals surface area contributed by atoms with E-state index in [2.05, 4.69) is 41.7 Å². The van der Waals surface area contributed by atoms with Crippen molar-refractivity contribution in [3.05, 3.63) is 28.2 Å². The average Bonchev–Trinajstić information content (AvgIpc) is 2.30. The lowest BCUT2D eigenvalue weighted by Crippen LogP contribution is -2.30. The van der Waals surface area contributed by atoms with Gasteiger partial charge in [-0.05, 0) is 47.0 Å². The first-order valence-electron chi connectivity index (χ1n) is 5.61. The number of hydrogen-bond donors (Lipinski definition) is 0. The van der Waals surface area contributed by atoms with Crippen molar-refractivity contribution < 1.29 is 4.79 Å². The van der Waals surface area contributed by atoms with Crippen molar-refractivity contribution in [2.24, 2.45) is 0 Å². The molecule has 0 atom stereocenters. The van der Waals surface area contributed by atoms with Crippen LogP contribution in [-0.4, -0.2) is 19.4 Å². The van der Waals surface area contributed by atoms with Crippen molar-refractivity contribution in [3.63, 3.8) is 0 Å². The summed E-state index contributed by atoms with van der Waals surface area (Å²) in [7, 11) is 2.10. The van der Waals surface area contributed by atoms with E-state index in [1.165, 1.54) is 0 Å². The number of halogens is 1. The van der Waals surface area contributed by atoms with Gasteiger partial charge in [-0.3, -0.25) is 4.79 Å². The quantitative estimate of drug-likeness (QED) is 0.765. The van der Waals surface area contributed by atoms with E-state index in [4.69, 9.17) is 0 Å². The lowest BCUT2D eigenvalue weighted by atomic mass is 10.1. The van der Waals surface area contributed by atoms with Crippen LogP contribution in [0.3, 0.4) is 0 Å². The Hall–Kier alpha value is -0.830. The Morgan fingerprint density at radius 1 is 1.38 bits per heavy atom. The fourth-order valence-corrected chi connectivity index (χ4v) is 2.34. The minimum atomic E-state index is 0.550. The van der Waals surface area contributed by atoms with Crippen molar-refractivity contribution in [1.29, 1.82) is 0 Å². The summed E-state index contributed by atoms with van der Waals surface area (Å²) in [4.78, 5) is 13.0. The smallest absolute Gasteiger partial charge is 0.151 e. The number of rotatable bonds is 5. The molecule has 1 aromatic carbocycles. The van der Waals surface area contributed by atoms with E-state index < -0.39 is 0 Å². The fourth-order valence-electron chi connectivity index (χ4n) is 1.88. The summed E-state index contributed by atoms with van der Waals surface area (Å²) in [5, 5.41) is 0. The molecule has 0 N–H and O–H groups in total. The number of anilines is 1. The molecule has 88 valence electrons. The topological polar surface area (TPSA) is 20.3 Å². The summed E-state index contributed by atoms with van der Waals surface area (Å²) in [6, 6.07) is 6.40. The number of hydrogen-bond acceptors (Lipinski definition) is 2. The molecule has 0 unspecified atom stereocenters.